The molecule has 1 atom stereocenters. The van der Waals surface area contributed by atoms with Gasteiger partial charge in [0.25, 0.3) is 0 Å². The van der Waals surface area contributed by atoms with Crippen LogP contribution in [-0.4, -0.2) is 58.8 Å². The van der Waals surface area contributed by atoms with Gasteiger partial charge < -0.3 is 0 Å². The summed E-state index contributed by atoms with van der Waals surface area (Å²) in [4.78, 5) is 2.44. The molecule has 0 radical (unpaired) electrons. The largest absolute Gasteiger partial charge is 0.299 e. The minimum atomic E-state index is -3.12. The van der Waals surface area contributed by atoms with Crippen molar-refractivity contribution in [3.63, 3.8) is 0 Å². The van der Waals surface area contributed by atoms with Crippen molar-refractivity contribution >= 4 is 10.0 Å². The molecule has 2 heterocycles. The Labute approximate surface area is 145 Å². The highest BCUT2D eigenvalue weighted by atomic mass is 32.2. The van der Waals surface area contributed by atoms with Crippen LogP contribution in [0.4, 0.5) is 0 Å². The molecule has 1 aromatic rings. The Morgan fingerprint density at radius 2 is 1.88 bits per heavy atom. The van der Waals surface area contributed by atoms with Crippen LogP contribution in [0.25, 0.3) is 0 Å². The fourth-order valence-corrected chi connectivity index (χ4v) is 5.46. The first-order chi connectivity index (χ1) is 11.5. The predicted molar refractivity (Wildman–Crippen MR) is 95.1 cm³/mol. The number of hydrogen-bond donors (Lipinski definition) is 0. The third-order valence-electron chi connectivity index (χ3n) is 5.38. The van der Waals surface area contributed by atoms with E-state index in [0.717, 1.165) is 64.7 Å². The lowest BCUT2D eigenvalue weighted by Gasteiger charge is -2.40. The van der Waals surface area contributed by atoms with Crippen LogP contribution in [0.5, 0.6) is 0 Å². The number of likely N-dealkylation sites (tertiary alicyclic amines) is 1. The molecule has 1 saturated heterocycles. The van der Waals surface area contributed by atoms with Crippen LogP contribution < -0.4 is 0 Å². The second-order valence-corrected chi connectivity index (χ2v) is 9.13. The molecule has 1 saturated carbocycles. The normalized spacial score (nSPS) is 24.0. The van der Waals surface area contributed by atoms with Gasteiger partial charge in [-0.25, -0.2) is 8.42 Å². The maximum Gasteiger partial charge on any atom is 0.211 e. The Hall–Kier alpha value is -0.920. The topological polar surface area (TPSA) is 58.4 Å². The number of aryl methyl sites for hydroxylation is 1. The Bertz CT molecular complexity index is 639. The van der Waals surface area contributed by atoms with Gasteiger partial charge in [-0.1, -0.05) is 6.42 Å². The zero-order valence-corrected chi connectivity index (χ0v) is 15.7. The summed E-state index contributed by atoms with van der Waals surface area (Å²) in [6, 6.07) is 0.424. The van der Waals surface area contributed by atoms with E-state index in [-0.39, 0.29) is 12.1 Å². The van der Waals surface area contributed by atoms with Crippen LogP contribution in [0.1, 0.15) is 51.0 Å². The van der Waals surface area contributed by atoms with Crippen molar-refractivity contribution in [2.75, 3.05) is 19.3 Å². The second-order valence-electron chi connectivity index (χ2n) is 7.24. The van der Waals surface area contributed by atoms with Gasteiger partial charge in [0.15, 0.2) is 0 Å². The molecule has 3 rings (SSSR count). The lowest BCUT2D eigenvalue weighted by Crippen LogP contribution is -2.49. The molecule has 7 heteroatoms. The van der Waals surface area contributed by atoms with Gasteiger partial charge in [0.2, 0.25) is 10.0 Å². The third kappa shape index (κ3) is 4.18. The number of aromatic nitrogens is 2. The van der Waals surface area contributed by atoms with E-state index in [1.54, 1.807) is 0 Å². The minimum absolute atomic E-state index is 0.175. The maximum absolute atomic E-state index is 12.3. The van der Waals surface area contributed by atoms with E-state index in [2.05, 4.69) is 23.1 Å². The minimum Gasteiger partial charge on any atom is -0.299 e. The Morgan fingerprint density at radius 3 is 2.46 bits per heavy atom. The van der Waals surface area contributed by atoms with Gasteiger partial charge >= 0.3 is 0 Å². The quantitative estimate of drug-likeness (QED) is 0.785. The number of nitrogens with zero attached hydrogens (tertiary/aromatic N) is 4. The summed E-state index contributed by atoms with van der Waals surface area (Å²) in [5, 5.41) is 4.34. The van der Waals surface area contributed by atoms with Gasteiger partial charge in [0.05, 0.1) is 12.5 Å². The summed E-state index contributed by atoms with van der Waals surface area (Å²) >= 11 is 0. The standard InChI is InChI=1S/C17H30N4O2S/c1-3-20-14-15(12-18-20)13-19-10-5-8-17(9-11-19)21(24(2,22)23)16-6-4-7-16/h12,14,16-17H,3-11,13H2,1-2H3/t17-/m1/s1. The first-order valence-corrected chi connectivity index (χ1v) is 11.0. The summed E-state index contributed by atoms with van der Waals surface area (Å²) < 4.78 is 28.4. The first kappa shape index (κ1) is 17.9. The van der Waals surface area contributed by atoms with Crippen molar-refractivity contribution in [1.82, 2.24) is 19.0 Å². The molecular weight excluding hydrogens is 324 g/mol. The van der Waals surface area contributed by atoms with Crippen molar-refractivity contribution < 1.29 is 8.42 Å². The van der Waals surface area contributed by atoms with Crippen molar-refractivity contribution in [1.29, 1.82) is 0 Å². The predicted octanol–water partition coefficient (Wildman–Crippen LogP) is 2.07. The molecule has 1 aromatic heterocycles. The van der Waals surface area contributed by atoms with E-state index in [9.17, 15) is 8.42 Å². The molecule has 6 nitrogen and oxygen atoms in total. The average molecular weight is 355 g/mol. The van der Waals surface area contributed by atoms with Crippen molar-refractivity contribution in [2.45, 2.75) is 70.6 Å². The van der Waals surface area contributed by atoms with E-state index in [0.29, 0.717) is 0 Å². The van der Waals surface area contributed by atoms with Gasteiger partial charge in [-0.15, -0.1) is 0 Å². The third-order valence-corrected chi connectivity index (χ3v) is 6.75. The summed E-state index contributed by atoms with van der Waals surface area (Å²) in [5.74, 6) is 0. The highest BCUT2D eigenvalue weighted by Crippen LogP contribution is 2.32. The van der Waals surface area contributed by atoms with Crippen molar-refractivity contribution in [3.8, 4) is 0 Å². The van der Waals surface area contributed by atoms with Crippen molar-refractivity contribution in [2.24, 2.45) is 0 Å². The van der Waals surface area contributed by atoms with Crippen LogP contribution in [0.2, 0.25) is 0 Å². The number of rotatable bonds is 6. The summed E-state index contributed by atoms with van der Waals surface area (Å²) in [6.07, 6.45) is 11.6. The fourth-order valence-electron chi connectivity index (χ4n) is 3.95. The molecule has 136 valence electrons. The van der Waals surface area contributed by atoms with E-state index in [4.69, 9.17) is 0 Å². The van der Waals surface area contributed by atoms with Gasteiger partial charge in [-0.3, -0.25) is 9.58 Å². The van der Waals surface area contributed by atoms with Crippen LogP contribution in [0, 0.1) is 0 Å². The summed E-state index contributed by atoms with van der Waals surface area (Å²) in [7, 11) is -3.12. The molecule has 1 aliphatic carbocycles. The van der Waals surface area contributed by atoms with E-state index in [1.165, 1.54) is 11.8 Å². The fraction of sp³-hybridized carbons (Fsp3) is 0.824. The van der Waals surface area contributed by atoms with Crippen LogP contribution in [-0.2, 0) is 23.1 Å². The molecule has 2 fully saturated rings. The number of hydrogen-bond acceptors (Lipinski definition) is 4. The molecule has 0 unspecified atom stereocenters. The van der Waals surface area contributed by atoms with Gasteiger partial charge in [0, 0.05) is 43.5 Å². The molecule has 0 bridgehead atoms. The first-order valence-electron chi connectivity index (χ1n) is 9.19. The van der Waals surface area contributed by atoms with E-state index < -0.39 is 10.0 Å². The van der Waals surface area contributed by atoms with Crippen LogP contribution >= 0.6 is 0 Å². The van der Waals surface area contributed by atoms with Crippen LogP contribution in [0.3, 0.4) is 0 Å². The molecule has 24 heavy (non-hydrogen) atoms. The smallest absolute Gasteiger partial charge is 0.211 e. The molecule has 2 aliphatic rings. The second kappa shape index (κ2) is 7.54. The van der Waals surface area contributed by atoms with E-state index in [1.807, 2.05) is 15.2 Å². The molecule has 0 aromatic carbocycles. The molecular formula is C17H30N4O2S. The number of sulfonamides is 1. The highest BCUT2D eigenvalue weighted by Gasteiger charge is 2.37. The van der Waals surface area contributed by atoms with Gasteiger partial charge in [0.1, 0.15) is 0 Å². The summed E-state index contributed by atoms with van der Waals surface area (Å²) in [5.41, 5.74) is 1.24. The zero-order chi connectivity index (χ0) is 17.2. The zero-order valence-electron chi connectivity index (χ0n) is 14.9. The lowest BCUT2D eigenvalue weighted by molar-refractivity contribution is 0.160. The Morgan fingerprint density at radius 1 is 1.17 bits per heavy atom. The summed E-state index contributed by atoms with van der Waals surface area (Å²) in [6.45, 7) is 5.89. The maximum atomic E-state index is 12.3. The van der Waals surface area contributed by atoms with Crippen LogP contribution in [0.15, 0.2) is 12.4 Å². The van der Waals surface area contributed by atoms with E-state index >= 15 is 0 Å². The molecule has 1 aliphatic heterocycles. The lowest BCUT2D eigenvalue weighted by atomic mass is 9.91. The van der Waals surface area contributed by atoms with Crippen molar-refractivity contribution in [3.05, 3.63) is 18.0 Å². The Kier molecular flexibility index (Phi) is 5.62. The highest BCUT2D eigenvalue weighted by molar-refractivity contribution is 7.88. The average Bonchev–Trinajstić information content (AvgIpc) is 2.80. The monoisotopic (exact) mass is 354 g/mol. The Balaban J connectivity index is 1.61. The molecule has 0 amide bonds. The SMILES string of the molecule is CCn1cc(CN2CCC[C@@H](N(C3CCC3)S(C)(=O)=O)CC2)cn1. The molecule has 0 spiro atoms. The molecule has 0 N–H and O–H groups in total. The van der Waals surface area contributed by atoms with Gasteiger partial charge in [-0.2, -0.15) is 9.40 Å². The van der Waals surface area contributed by atoms with Gasteiger partial charge in [-0.05, 0) is 45.6 Å².